The van der Waals surface area contributed by atoms with Crippen LogP contribution in [0.3, 0.4) is 0 Å². The highest BCUT2D eigenvalue weighted by atomic mass is 19.4. The van der Waals surface area contributed by atoms with Crippen molar-refractivity contribution in [2.75, 3.05) is 6.61 Å². The molecule has 0 aliphatic heterocycles. The smallest absolute Gasteiger partial charge is 0.466 e. The van der Waals surface area contributed by atoms with Crippen molar-refractivity contribution in [3.63, 3.8) is 0 Å². The lowest BCUT2D eigenvalue weighted by Crippen LogP contribution is -2.25. The molecule has 0 amide bonds. The first-order valence-electron chi connectivity index (χ1n) is 5.49. The van der Waals surface area contributed by atoms with Crippen molar-refractivity contribution in [2.45, 2.75) is 26.4 Å². The van der Waals surface area contributed by atoms with Gasteiger partial charge in [-0.25, -0.2) is 4.39 Å². The number of aromatic amines is 1. The summed E-state index contributed by atoms with van der Waals surface area (Å²) in [7, 11) is 0. The van der Waals surface area contributed by atoms with Crippen LogP contribution >= 0.6 is 0 Å². The van der Waals surface area contributed by atoms with Crippen LogP contribution in [0.4, 0.5) is 17.6 Å². The van der Waals surface area contributed by atoms with E-state index in [4.69, 9.17) is 0 Å². The zero-order valence-electron chi connectivity index (χ0n) is 10.3. The van der Waals surface area contributed by atoms with Gasteiger partial charge in [0.15, 0.2) is 0 Å². The summed E-state index contributed by atoms with van der Waals surface area (Å²) in [4.78, 5) is 24.8. The number of carbonyl (C=O) groups is 1. The van der Waals surface area contributed by atoms with E-state index in [2.05, 4.69) is 9.47 Å². The van der Waals surface area contributed by atoms with Crippen molar-refractivity contribution < 1.29 is 31.8 Å². The topological polar surface area (TPSA) is 68.4 Å². The van der Waals surface area contributed by atoms with Crippen molar-refractivity contribution in [1.29, 1.82) is 0 Å². The predicted octanol–water partition coefficient (Wildman–Crippen LogP) is 1.85. The van der Waals surface area contributed by atoms with Gasteiger partial charge in [0.25, 0.3) is 5.56 Å². The Morgan fingerprint density at radius 2 is 2.05 bits per heavy atom. The molecule has 0 spiro atoms. The molecule has 112 valence electrons. The average Bonchev–Trinajstić information content (AvgIpc) is 2.31. The van der Waals surface area contributed by atoms with Gasteiger partial charge in [-0.1, -0.05) is 0 Å². The maximum absolute atomic E-state index is 12.4. The third kappa shape index (κ3) is 4.56. The quantitative estimate of drug-likeness (QED) is 0.665. The number of halogens is 4. The largest absolute Gasteiger partial charge is 0.573 e. The molecule has 0 unspecified atom stereocenters. The fraction of sp³-hybridized carbons (Fsp3) is 0.455. The minimum absolute atomic E-state index is 0.00869. The summed E-state index contributed by atoms with van der Waals surface area (Å²) < 4.78 is 57.3. The van der Waals surface area contributed by atoms with Gasteiger partial charge in [0.05, 0.1) is 24.3 Å². The Hall–Kier alpha value is -2.06. The van der Waals surface area contributed by atoms with Gasteiger partial charge >= 0.3 is 12.3 Å². The Bertz CT molecular complexity index is 538. The van der Waals surface area contributed by atoms with Crippen LogP contribution < -0.4 is 10.3 Å². The molecule has 0 saturated heterocycles. The molecule has 0 aromatic carbocycles. The zero-order valence-corrected chi connectivity index (χ0v) is 10.3. The van der Waals surface area contributed by atoms with Gasteiger partial charge in [0, 0.05) is 6.07 Å². The van der Waals surface area contributed by atoms with Crippen LogP contribution in [0.2, 0.25) is 0 Å². The van der Waals surface area contributed by atoms with Crippen molar-refractivity contribution in [2.24, 2.45) is 0 Å². The summed E-state index contributed by atoms with van der Waals surface area (Å²) in [5.41, 5.74) is -1.99. The van der Waals surface area contributed by atoms with Crippen molar-refractivity contribution in [1.82, 2.24) is 4.98 Å². The predicted molar refractivity (Wildman–Crippen MR) is 58.9 cm³/mol. The summed E-state index contributed by atoms with van der Waals surface area (Å²) in [6.45, 7) is 0.333. The Morgan fingerprint density at radius 3 is 2.55 bits per heavy atom. The minimum atomic E-state index is -5.06. The van der Waals surface area contributed by atoms with Crippen molar-refractivity contribution in [3.8, 4) is 5.75 Å². The molecule has 1 heterocycles. The molecule has 0 aliphatic rings. The second kappa shape index (κ2) is 6.40. The van der Waals surface area contributed by atoms with E-state index < -0.39 is 42.3 Å². The Kier molecular flexibility index (Phi) is 5.12. The summed E-state index contributed by atoms with van der Waals surface area (Å²) >= 11 is 0. The molecule has 9 heteroatoms. The lowest BCUT2D eigenvalue weighted by Gasteiger charge is -2.13. The standard InChI is InChI=1S/C11H11F4NO4/c1-2-19-9(17)4-7-8(20-11(13,14)15)3-6(5-12)16-10(7)18/h3H,2,4-5H2,1H3,(H,16,18). The monoisotopic (exact) mass is 297 g/mol. The van der Waals surface area contributed by atoms with E-state index in [-0.39, 0.29) is 12.3 Å². The molecule has 20 heavy (non-hydrogen) atoms. The number of carbonyl (C=O) groups excluding carboxylic acids is 1. The normalized spacial score (nSPS) is 11.2. The van der Waals surface area contributed by atoms with Crippen LogP contribution in [-0.2, 0) is 22.6 Å². The molecule has 0 fully saturated rings. The van der Waals surface area contributed by atoms with Crippen molar-refractivity contribution in [3.05, 3.63) is 27.7 Å². The summed E-state index contributed by atoms with van der Waals surface area (Å²) in [6.07, 6.45) is -5.77. The number of aromatic nitrogens is 1. The molecular formula is C11H11F4NO4. The summed E-state index contributed by atoms with van der Waals surface area (Å²) in [5, 5.41) is 0. The minimum Gasteiger partial charge on any atom is -0.466 e. The number of hydrogen-bond donors (Lipinski definition) is 1. The first-order chi connectivity index (χ1) is 9.26. The molecule has 0 bridgehead atoms. The number of ether oxygens (including phenoxy) is 2. The fourth-order valence-corrected chi connectivity index (χ4v) is 1.43. The Morgan fingerprint density at radius 1 is 1.40 bits per heavy atom. The number of H-pyrrole nitrogens is 1. The molecule has 0 aliphatic carbocycles. The summed E-state index contributed by atoms with van der Waals surface area (Å²) in [5.74, 6) is -1.81. The first-order valence-corrected chi connectivity index (χ1v) is 5.49. The molecule has 1 aromatic heterocycles. The number of esters is 1. The van der Waals surface area contributed by atoms with Gasteiger partial charge < -0.3 is 14.5 Å². The molecule has 0 radical (unpaired) electrons. The van der Waals surface area contributed by atoms with E-state index in [1.807, 2.05) is 4.98 Å². The molecule has 0 atom stereocenters. The van der Waals surface area contributed by atoms with Crippen LogP contribution in [0.15, 0.2) is 10.9 Å². The molecule has 1 rings (SSSR count). The number of nitrogens with one attached hydrogen (secondary N) is 1. The van der Waals surface area contributed by atoms with Gasteiger partial charge in [0.2, 0.25) is 0 Å². The van der Waals surface area contributed by atoms with Gasteiger partial charge in [0.1, 0.15) is 12.4 Å². The molecule has 1 aromatic rings. The van der Waals surface area contributed by atoms with E-state index >= 15 is 0 Å². The molecule has 5 nitrogen and oxygen atoms in total. The second-order valence-corrected chi connectivity index (χ2v) is 3.63. The maximum atomic E-state index is 12.4. The second-order valence-electron chi connectivity index (χ2n) is 3.63. The first kappa shape index (κ1) is 16.0. The Balaban J connectivity index is 3.19. The van der Waals surface area contributed by atoms with E-state index in [1.165, 1.54) is 6.92 Å². The van der Waals surface area contributed by atoms with E-state index in [9.17, 15) is 27.2 Å². The van der Waals surface area contributed by atoms with Crippen LogP contribution in [-0.4, -0.2) is 23.9 Å². The van der Waals surface area contributed by atoms with Crippen LogP contribution in [0.25, 0.3) is 0 Å². The SMILES string of the molecule is CCOC(=O)Cc1c(OC(F)(F)F)cc(CF)[nH]c1=O. The lowest BCUT2D eigenvalue weighted by molar-refractivity contribution is -0.275. The van der Waals surface area contributed by atoms with Gasteiger partial charge in [-0.3, -0.25) is 9.59 Å². The zero-order chi connectivity index (χ0) is 15.3. The van der Waals surface area contributed by atoms with Crippen LogP contribution in [0.5, 0.6) is 5.75 Å². The number of pyridine rings is 1. The van der Waals surface area contributed by atoms with Gasteiger partial charge in [-0.15, -0.1) is 13.2 Å². The maximum Gasteiger partial charge on any atom is 0.573 e. The highest BCUT2D eigenvalue weighted by Crippen LogP contribution is 2.25. The average molecular weight is 297 g/mol. The number of alkyl halides is 4. The molecular weight excluding hydrogens is 286 g/mol. The van der Waals surface area contributed by atoms with Crippen LogP contribution in [0.1, 0.15) is 18.2 Å². The van der Waals surface area contributed by atoms with Gasteiger partial charge in [-0.2, -0.15) is 0 Å². The molecule has 0 saturated carbocycles. The highest BCUT2D eigenvalue weighted by molar-refractivity contribution is 5.73. The Labute approximate surface area is 110 Å². The van der Waals surface area contributed by atoms with Crippen molar-refractivity contribution >= 4 is 5.97 Å². The highest BCUT2D eigenvalue weighted by Gasteiger charge is 2.33. The number of hydrogen-bond acceptors (Lipinski definition) is 4. The van der Waals surface area contributed by atoms with E-state index in [0.717, 1.165) is 0 Å². The molecule has 1 N–H and O–H groups in total. The van der Waals surface area contributed by atoms with Crippen LogP contribution in [0, 0.1) is 0 Å². The third-order valence-corrected chi connectivity index (χ3v) is 2.15. The number of rotatable bonds is 5. The van der Waals surface area contributed by atoms with E-state index in [1.54, 1.807) is 0 Å². The fourth-order valence-electron chi connectivity index (χ4n) is 1.43. The lowest BCUT2D eigenvalue weighted by atomic mass is 10.1. The van der Waals surface area contributed by atoms with E-state index in [0.29, 0.717) is 6.07 Å². The third-order valence-electron chi connectivity index (χ3n) is 2.15. The van der Waals surface area contributed by atoms with Gasteiger partial charge in [-0.05, 0) is 6.92 Å². The summed E-state index contributed by atoms with van der Waals surface area (Å²) in [6, 6.07) is 0.684.